The summed E-state index contributed by atoms with van der Waals surface area (Å²) in [5.41, 5.74) is 0. The number of nitrogens with one attached hydrogen (secondary N) is 1. The van der Waals surface area contributed by atoms with Crippen LogP contribution in [-0.2, 0) is 10.0 Å². The number of sulfonamides is 1. The summed E-state index contributed by atoms with van der Waals surface area (Å²) in [7, 11) is -3.44. The summed E-state index contributed by atoms with van der Waals surface area (Å²) in [5, 5.41) is 0. The summed E-state index contributed by atoms with van der Waals surface area (Å²) in [6.07, 6.45) is 3.03. The van der Waals surface area contributed by atoms with Crippen LogP contribution in [0.1, 0.15) is 40.0 Å². The number of hydrogen-bond donors (Lipinski definition) is 1. The van der Waals surface area contributed by atoms with Crippen LogP contribution < -0.4 is 4.72 Å². The summed E-state index contributed by atoms with van der Waals surface area (Å²) in [6, 6.07) is 6.82. The molecule has 0 aromatic heterocycles. The highest BCUT2D eigenvalue weighted by atomic mass is 79.9. The van der Waals surface area contributed by atoms with E-state index in [4.69, 9.17) is 0 Å². The zero-order valence-corrected chi connectivity index (χ0v) is 14.1. The molecular formula is C14H22BrNO2S. The SMILES string of the molecule is CC(C)CCC[C@H](C)NS(=O)(=O)c1ccccc1Br. The van der Waals surface area contributed by atoms with Gasteiger partial charge in [0.05, 0.1) is 4.90 Å². The smallest absolute Gasteiger partial charge is 0.208 e. The first-order chi connectivity index (χ1) is 8.83. The minimum absolute atomic E-state index is 0.0455. The van der Waals surface area contributed by atoms with Gasteiger partial charge in [-0.05, 0) is 47.3 Å². The van der Waals surface area contributed by atoms with Gasteiger partial charge in [0.2, 0.25) is 10.0 Å². The molecule has 0 bridgehead atoms. The maximum Gasteiger partial charge on any atom is 0.241 e. The van der Waals surface area contributed by atoms with E-state index >= 15 is 0 Å². The fourth-order valence-corrected chi connectivity index (χ4v) is 4.16. The van der Waals surface area contributed by atoms with Crippen molar-refractivity contribution in [3.63, 3.8) is 0 Å². The normalized spacial score (nSPS) is 13.7. The second-order valence-electron chi connectivity index (χ2n) is 5.28. The van der Waals surface area contributed by atoms with E-state index < -0.39 is 10.0 Å². The van der Waals surface area contributed by atoms with Gasteiger partial charge in [-0.1, -0.05) is 38.8 Å². The Balaban J connectivity index is 2.63. The molecule has 0 saturated heterocycles. The van der Waals surface area contributed by atoms with Gasteiger partial charge < -0.3 is 0 Å². The fraction of sp³-hybridized carbons (Fsp3) is 0.571. The molecule has 3 nitrogen and oxygen atoms in total. The van der Waals surface area contributed by atoms with Gasteiger partial charge in [-0.15, -0.1) is 0 Å². The molecule has 0 aliphatic heterocycles. The van der Waals surface area contributed by atoms with Crippen molar-refractivity contribution < 1.29 is 8.42 Å². The summed E-state index contributed by atoms with van der Waals surface area (Å²) in [6.45, 7) is 6.26. The van der Waals surface area contributed by atoms with Gasteiger partial charge in [0.15, 0.2) is 0 Å². The molecule has 19 heavy (non-hydrogen) atoms. The van der Waals surface area contributed by atoms with Crippen molar-refractivity contribution in [3.8, 4) is 0 Å². The molecule has 0 spiro atoms. The van der Waals surface area contributed by atoms with E-state index in [2.05, 4.69) is 34.5 Å². The Hall–Kier alpha value is -0.390. The van der Waals surface area contributed by atoms with Crippen molar-refractivity contribution in [1.29, 1.82) is 0 Å². The third-order valence-corrected chi connectivity index (χ3v) is 5.50. The first-order valence-electron chi connectivity index (χ1n) is 6.60. The average Bonchev–Trinajstić information content (AvgIpc) is 2.27. The number of benzene rings is 1. The lowest BCUT2D eigenvalue weighted by molar-refractivity contribution is 0.488. The minimum Gasteiger partial charge on any atom is -0.208 e. The highest BCUT2D eigenvalue weighted by Gasteiger charge is 2.19. The van der Waals surface area contributed by atoms with Gasteiger partial charge in [0, 0.05) is 10.5 Å². The Morgan fingerprint density at radius 2 is 1.79 bits per heavy atom. The maximum absolute atomic E-state index is 12.2. The van der Waals surface area contributed by atoms with Crippen LogP contribution in [0.15, 0.2) is 33.6 Å². The quantitative estimate of drug-likeness (QED) is 0.811. The summed E-state index contributed by atoms with van der Waals surface area (Å²) in [5.74, 6) is 0.659. The summed E-state index contributed by atoms with van der Waals surface area (Å²) >= 11 is 3.27. The largest absolute Gasteiger partial charge is 0.241 e. The monoisotopic (exact) mass is 347 g/mol. The lowest BCUT2D eigenvalue weighted by Gasteiger charge is -2.15. The number of hydrogen-bond acceptors (Lipinski definition) is 2. The lowest BCUT2D eigenvalue weighted by Crippen LogP contribution is -2.32. The summed E-state index contributed by atoms with van der Waals surface area (Å²) < 4.78 is 27.8. The van der Waals surface area contributed by atoms with Crippen molar-refractivity contribution in [1.82, 2.24) is 4.72 Å². The van der Waals surface area contributed by atoms with E-state index in [1.165, 1.54) is 0 Å². The molecule has 0 unspecified atom stereocenters. The van der Waals surface area contributed by atoms with Crippen LogP contribution in [0.2, 0.25) is 0 Å². The van der Waals surface area contributed by atoms with Crippen LogP contribution in [-0.4, -0.2) is 14.5 Å². The van der Waals surface area contributed by atoms with Gasteiger partial charge in [-0.2, -0.15) is 0 Å². The second kappa shape index (κ2) is 7.41. The Kier molecular flexibility index (Phi) is 6.50. The topological polar surface area (TPSA) is 46.2 Å². The predicted octanol–water partition coefficient (Wildman–Crippen LogP) is 3.94. The molecule has 0 aliphatic carbocycles. The van der Waals surface area contributed by atoms with Crippen molar-refractivity contribution in [2.45, 2.75) is 51.0 Å². The maximum atomic E-state index is 12.2. The molecule has 0 amide bonds. The highest BCUT2D eigenvalue weighted by molar-refractivity contribution is 9.10. The first-order valence-corrected chi connectivity index (χ1v) is 8.87. The number of rotatable bonds is 7. The van der Waals surface area contributed by atoms with E-state index in [9.17, 15) is 8.42 Å². The second-order valence-corrected chi connectivity index (χ2v) is 7.81. The lowest BCUT2D eigenvalue weighted by atomic mass is 10.0. The van der Waals surface area contributed by atoms with Crippen LogP contribution in [0.3, 0.4) is 0 Å². The molecule has 1 aromatic carbocycles. The zero-order chi connectivity index (χ0) is 14.5. The van der Waals surface area contributed by atoms with Crippen LogP contribution >= 0.6 is 15.9 Å². The van der Waals surface area contributed by atoms with Crippen LogP contribution in [0.4, 0.5) is 0 Å². The van der Waals surface area contributed by atoms with E-state index in [0.717, 1.165) is 19.3 Å². The molecule has 0 saturated carbocycles. The Morgan fingerprint density at radius 1 is 1.16 bits per heavy atom. The van der Waals surface area contributed by atoms with Gasteiger partial charge >= 0.3 is 0 Å². The molecule has 1 atom stereocenters. The molecule has 0 fully saturated rings. The van der Waals surface area contributed by atoms with Crippen molar-refractivity contribution in [3.05, 3.63) is 28.7 Å². The molecule has 0 heterocycles. The third kappa shape index (κ3) is 5.63. The van der Waals surface area contributed by atoms with E-state index in [-0.39, 0.29) is 6.04 Å². The Bertz CT molecular complexity index is 500. The van der Waals surface area contributed by atoms with E-state index in [0.29, 0.717) is 15.3 Å². The Labute approximate surface area is 125 Å². The van der Waals surface area contributed by atoms with Crippen molar-refractivity contribution in [2.24, 2.45) is 5.92 Å². The van der Waals surface area contributed by atoms with Crippen LogP contribution in [0.5, 0.6) is 0 Å². The standard InChI is InChI=1S/C14H22BrNO2S/c1-11(2)7-6-8-12(3)16-19(17,18)14-10-5-4-9-13(14)15/h4-5,9-12,16H,6-8H2,1-3H3/t12-/m0/s1. The molecule has 1 aromatic rings. The van der Waals surface area contributed by atoms with E-state index in [1.54, 1.807) is 24.3 Å². The molecule has 5 heteroatoms. The van der Waals surface area contributed by atoms with Crippen molar-refractivity contribution >= 4 is 26.0 Å². The molecule has 1 rings (SSSR count). The number of halogens is 1. The Morgan fingerprint density at radius 3 is 2.37 bits per heavy atom. The van der Waals surface area contributed by atoms with Crippen LogP contribution in [0, 0.1) is 5.92 Å². The average molecular weight is 348 g/mol. The predicted molar refractivity (Wildman–Crippen MR) is 82.6 cm³/mol. The third-order valence-electron chi connectivity index (χ3n) is 2.90. The van der Waals surface area contributed by atoms with Gasteiger partial charge in [0.1, 0.15) is 0 Å². The molecule has 108 valence electrons. The molecular weight excluding hydrogens is 326 g/mol. The van der Waals surface area contributed by atoms with Gasteiger partial charge in [0.25, 0.3) is 0 Å². The van der Waals surface area contributed by atoms with E-state index in [1.807, 2.05) is 6.92 Å². The molecule has 1 N–H and O–H groups in total. The highest BCUT2D eigenvalue weighted by Crippen LogP contribution is 2.21. The minimum atomic E-state index is -3.44. The zero-order valence-electron chi connectivity index (χ0n) is 11.7. The summed E-state index contributed by atoms with van der Waals surface area (Å²) in [4.78, 5) is 0.297. The van der Waals surface area contributed by atoms with Gasteiger partial charge in [-0.25, -0.2) is 13.1 Å². The fourth-order valence-electron chi connectivity index (χ4n) is 1.88. The van der Waals surface area contributed by atoms with Gasteiger partial charge in [-0.3, -0.25) is 0 Å². The van der Waals surface area contributed by atoms with Crippen molar-refractivity contribution in [2.75, 3.05) is 0 Å². The molecule has 0 aliphatic rings. The first kappa shape index (κ1) is 16.7. The molecule has 0 radical (unpaired) electrons. The van der Waals surface area contributed by atoms with Crippen LogP contribution in [0.25, 0.3) is 0 Å².